The van der Waals surface area contributed by atoms with Gasteiger partial charge in [-0.15, -0.1) is 0 Å². The normalized spacial score (nSPS) is 37.2. The highest BCUT2D eigenvalue weighted by molar-refractivity contribution is 8.06. The van der Waals surface area contributed by atoms with Crippen LogP contribution in [-0.4, -0.2) is 58.5 Å². The minimum Gasteiger partial charge on any atom is -0.334 e. The van der Waals surface area contributed by atoms with E-state index in [1.54, 1.807) is 0 Å². The number of carbonyl (C=O) groups excluding carboxylic acids is 1. The quantitative estimate of drug-likeness (QED) is 0.818. The number of thioether (sulfide) groups is 2. The number of piperazine rings is 1. The lowest BCUT2D eigenvalue weighted by molar-refractivity contribution is -0.134. The molecule has 0 radical (unpaired) electrons. The second-order valence-electron chi connectivity index (χ2n) is 5.12. The molecule has 3 unspecified atom stereocenters. The Balaban J connectivity index is 1.58. The van der Waals surface area contributed by atoms with Crippen molar-refractivity contribution in [3.63, 3.8) is 0 Å². The van der Waals surface area contributed by atoms with Crippen molar-refractivity contribution in [2.75, 3.05) is 30.3 Å². The van der Waals surface area contributed by atoms with Gasteiger partial charge in [-0.25, -0.2) is 0 Å². The third-order valence-electron chi connectivity index (χ3n) is 3.96. The highest BCUT2D eigenvalue weighted by atomic mass is 32.2. The van der Waals surface area contributed by atoms with Gasteiger partial charge in [0.2, 0.25) is 5.91 Å². The van der Waals surface area contributed by atoms with Crippen LogP contribution in [0.3, 0.4) is 0 Å². The maximum absolute atomic E-state index is 12.4. The molecule has 0 aromatic carbocycles. The van der Waals surface area contributed by atoms with Gasteiger partial charge >= 0.3 is 0 Å². The number of hydrogen-bond acceptors (Lipinski definition) is 4. The van der Waals surface area contributed by atoms with Crippen molar-refractivity contribution in [2.45, 2.75) is 36.6 Å². The Labute approximate surface area is 111 Å². The van der Waals surface area contributed by atoms with Crippen LogP contribution in [0, 0.1) is 0 Å². The van der Waals surface area contributed by atoms with Crippen LogP contribution in [0.25, 0.3) is 0 Å². The molecule has 3 heterocycles. The summed E-state index contributed by atoms with van der Waals surface area (Å²) in [6, 6.07) is 0.977. The van der Waals surface area contributed by atoms with Gasteiger partial charge in [0.25, 0.3) is 0 Å². The van der Waals surface area contributed by atoms with Crippen molar-refractivity contribution < 1.29 is 4.79 Å². The lowest BCUT2D eigenvalue weighted by atomic mass is 10.2. The van der Waals surface area contributed by atoms with E-state index in [2.05, 4.69) is 10.2 Å². The summed E-state index contributed by atoms with van der Waals surface area (Å²) in [6.07, 6.45) is 3.18. The average molecular weight is 272 g/mol. The minimum absolute atomic E-state index is 0.416. The highest BCUT2D eigenvalue weighted by Gasteiger charge is 2.39. The fourth-order valence-corrected chi connectivity index (χ4v) is 5.81. The molecular weight excluding hydrogens is 252 g/mol. The number of fused-ring (bicyclic) bond motifs is 2. The van der Waals surface area contributed by atoms with E-state index in [0.717, 1.165) is 25.3 Å². The summed E-state index contributed by atoms with van der Waals surface area (Å²) in [7, 11) is 0. The fourth-order valence-electron chi connectivity index (χ4n) is 3.14. The van der Waals surface area contributed by atoms with E-state index in [1.165, 1.54) is 24.3 Å². The molecular formula is C12H20N2OS2. The first-order valence-electron chi connectivity index (χ1n) is 6.56. The number of rotatable bonds is 2. The van der Waals surface area contributed by atoms with Crippen LogP contribution in [-0.2, 0) is 4.79 Å². The number of nitrogens with zero attached hydrogens (tertiary/aromatic N) is 1. The summed E-state index contributed by atoms with van der Waals surface area (Å²) in [5, 5.41) is 4.00. The molecule has 0 aromatic heterocycles. The summed E-state index contributed by atoms with van der Waals surface area (Å²) in [5.74, 6) is 4.06. The molecule has 96 valence electrons. The van der Waals surface area contributed by atoms with Gasteiger partial charge in [0.05, 0.1) is 0 Å². The smallest absolute Gasteiger partial charge is 0.224 e. The Morgan fingerprint density at radius 3 is 2.65 bits per heavy atom. The van der Waals surface area contributed by atoms with Gasteiger partial charge in [-0.1, -0.05) is 0 Å². The molecule has 3 nitrogen and oxygen atoms in total. The Morgan fingerprint density at radius 2 is 2.00 bits per heavy atom. The first-order valence-corrected chi connectivity index (χ1v) is 8.76. The van der Waals surface area contributed by atoms with Gasteiger partial charge in [-0.2, -0.15) is 23.5 Å². The summed E-state index contributed by atoms with van der Waals surface area (Å²) in [6.45, 7) is 2.02. The van der Waals surface area contributed by atoms with Crippen LogP contribution in [0.1, 0.15) is 19.3 Å². The summed E-state index contributed by atoms with van der Waals surface area (Å²) < 4.78 is 0. The molecule has 17 heavy (non-hydrogen) atoms. The van der Waals surface area contributed by atoms with Crippen LogP contribution in [0.15, 0.2) is 0 Å². The van der Waals surface area contributed by atoms with E-state index < -0.39 is 0 Å². The second-order valence-corrected chi connectivity index (χ2v) is 7.67. The zero-order valence-electron chi connectivity index (χ0n) is 10.1. The first kappa shape index (κ1) is 12.2. The summed E-state index contributed by atoms with van der Waals surface area (Å²) in [4.78, 5) is 14.6. The van der Waals surface area contributed by atoms with Crippen molar-refractivity contribution in [1.29, 1.82) is 0 Å². The zero-order chi connectivity index (χ0) is 11.7. The molecule has 0 spiro atoms. The van der Waals surface area contributed by atoms with Crippen LogP contribution in [0.2, 0.25) is 0 Å². The minimum atomic E-state index is 0.416. The zero-order valence-corrected chi connectivity index (χ0v) is 11.7. The highest BCUT2D eigenvalue weighted by Crippen LogP contribution is 2.31. The van der Waals surface area contributed by atoms with Gasteiger partial charge in [-0.05, 0) is 12.8 Å². The van der Waals surface area contributed by atoms with E-state index >= 15 is 0 Å². The maximum atomic E-state index is 12.4. The van der Waals surface area contributed by atoms with Gasteiger partial charge in [0.1, 0.15) is 0 Å². The van der Waals surface area contributed by atoms with Crippen LogP contribution >= 0.6 is 23.5 Å². The van der Waals surface area contributed by atoms with Crippen molar-refractivity contribution in [2.24, 2.45) is 0 Å². The lowest BCUT2D eigenvalue weighted by Gasteiger charge is -2.36. The number of hydrogen-bond donors (Lipinski definition) is 1. The maximum Gasteiger partial charge on any atom is 0.224 e. The van der Waals surface area contributed by atoms with Gasteiger partial charge in [-0.3, -0.25) is 4.79 Å². The molecule has 1 N–H and O–H groups in total. The molecule has 0 aromatic rings. The van der Waals surface area contributed by atoms with Crippen molar-refractivity contribution in [1.82, 2.24) is 10.2 Å². The lowest BCUT2D eigenvalue weighted by Crippen LogP contribution is -2.54. The molecule has 0 aliphatic carbocycles. The monoisotopic (exact) mass is 272 g/mol. The van der Waals surface area contributed by atoms with Crippen molar-refractivity contribution in [3.8, 4) is 0 Å². The molecule has 2 bridgehead atoms. The van der Waals surface area contributed by atoms with E-state index in [4.69, 9.17) is 0 Å². The summed E-state index contributed by atoms with van der Waals surface area (Å²) >= 11 is 4.00. The Hall–Kier alpha value is 0.130. The standard InChI is InChI=1S/C12H20N2OS2/c15-12(5-11-8-16-3-4-17-11)14-9-1-2-10(14)7-13-6-9/h9-11,13H,1-8H2. The Bertz CT molecular complexity index is 278. The predicted octanol–water partition coefficient (Wildman–Crippen LogP) is 1.19. The van der Waals surface area contributed by atoms with Crippen molar-refractivity contribution in [3.05, 3.63) is 0 Å². The molecule has 3 aliphatic rings. The van der Waals surface area contributed by atoms with Crippen LogP contribution < -0.4 is 5.32 Å². The molecule has 1 amide bonds. The molecule has 3 rings (SSSR count). The van der Waals surface area contributed by atoms with Crippen LogP contribution in [0.4, 0.5) is 0 Å². The number of amides is 1. The van der Waals surface area contributed by atoms with Gasteiger partial charge < -0.3 is 10.2 Å². The van der Waals surface area contributed by atoms with E-state index in [1.807, 2.05) is 23.5 Å². The molecule has 3 aliphatic heterocycles. The third-order valence-corrected chi connectivity index (χ3v) is 6.80. The number of carbonyl (C=O) groups is 1. The fraction of sp³-hybridized carbons (Fsp3) is 0.917. The first-order chi connectivity index (χ1) is 8.34. The molecule has 3 fully saturated rings. The SMILES string of the molecule is O=C(CC1CSCCS1)N1C2CCC1CNC2. The van der Waals surface area contributed by atoms with Gasteiger partial charge in [0, 0.05) is 54.1 Å². The average Bonchev–Trinajstić information content (AvgIpc) is 2.61. The Kier molecular flexibility index (Phi) is 3.87. The molecule has 3 saturated heterocycles. The molecule has 3 atom stereocenters. The van der Waals surface area contributed by atoms with E-state index in [9.17, 15) is 4.79 Å². The third kappa shape index (κ3) is 2.61. The summed E-state index contributed by atoms with van der Waals surface area (Å²) in [5.41, 5.74) is 0. The molecule has 0 saturated carbocycles. The Morgan fingerprint density at radius 1 is 1.24 bits per heavy atom. The van der Waals surface area contributed by atoms with Crippen LogP contribution in [0.5, 0.6) is 0 Å². The van der Waals surface area contributed by atoms with E-state index in [0.29, 0.717) is 23.2 Å². The topological polar surface area (TPSA) is 32.3 Å². The van der Waals surface area contributed by atoms with Crippen molar-refractivity contribution >= 4 is 29.4 Å². The van der Waals surface area contributed by atoms with Gasteiger partial charge in [0.15, 0.2) is 0 Å². The predicted molar refractivity (Wildman–Crippen MR) is 74.7 cm³/mol. The largest absolute Gasteiger partial charge is 0.334 e. The number of nitrogens with one attached hydrogen (secondary N) is 1. The van der Waals surface area contributed by atoms with E-state index in [-0.39, 0.29) is 0 Å². The second kappa shape index (κ2) is 5.41. The molecule has 5 heteroatoms.